The van der Waals surface area contributed by atoms with Gasteiger partial charge in [-0.3, -0.25) is 14.9 Å². The number of carbonyl (C=O) groups excluding carboxylic acids is 1. The molecule has 0 bridgehead atoms. The normalized spacial score (nSPS) is 17.4. The zero-order valence-electron chi connectivity index (χ0n) is 19.0. The molecule has 4 rings (SSSR count). The Morgan fingerprint density at radius 3 is 2.71 bits per heavy atom. The van der Waals surface area contributed by atoms with E-state index in [2.05, 4.69) is 11.6 Å². The highest BCUT2D eigenvalue weighted by molar-refractivity contribution is 7.89. The maximum atomic E-state index is 13.1. The third-order valence-corrected chi connectivity index (χ3v) is 8.75. The van der Waals surface area contributed by atoms with Crippen molar-refractivity contribution in [1.82, 2.24) is 8.87 Å². The number of non-ortho nitro benzene ring substituents is 1. The van der Waals surface area contributed by atoms with Gasteiger partial charge in [0.05, 0.1) is 33.1 Å². The summed E-state index contributed by atoms with van der Waals surface area (Å²) in [6.07, 6.45) is 2.71. The van der Waals surface area contributed by atoms with Gasteiger partial charge in [-0.15, -0.1) is 6.58 Å². The van der Waals surface area contributed by atoms with E-state index >= 15 is 0 Å². The number of piperidine rings is 1. The van der Waals surface area contributed by atoms with E-state index in [9.17, 15) is 23.3 Å². The summed E-state index contributed by atoms with van der Waals surface area (Å²) in [5.41, 5.74) is 0.661. The summed E-state index contributed by atoms with van der Waals surface area (Å²) in [7, 11) is -2.27. The Morgan fingerprint density at radius 1 is 1.31 bits per heavy atom. The molecule has 3 aromatic rings. The van der Waals surface area contributed by atoms with Gasteiger partial charge in [0.2, 0.25) is 10.0 Å². The number of allylic oxidation sites excluding steroid dienone is 1. The third kappa shape index (κ3) is 5.04. The molecule has 0 radical (unpaired) electrons. The monoisotopic (exact) mass is 516 g/mol. The second-order valence-corrected chi connectivity index (χ2v) is 11.0. The van der Waals surface area contributed by atoms with Crippen LogP contribution in [0, 0.1) is 16.0 Å². The summed E-state index contributed by atoms with van der Waals surface area (Å²) >= 11 is 1.17. The van der Waals surface area contributed by atoms with Crippen LogP contribution in [0.15, 0.2) is 65.0 Å². The fraction of sp³-hybridized carbons (Fsp3) is 0.304. The third-order valence-electron chi connectivity index (χ3n) is 5.83. The van der Waals surface area contributed by atoms with E-state index in [1.807, 2.05) is 0 Å². The molecule has 10 nitrogen and oxygen atoms in total. The number of thiazole rings is 1. The predicted octanol–water partition coefficient (Wildman–Crippen LogP) is 3.33. The number of rotatable bonds is 7. The zero-order chi connectivity index (χ0) is 25.2. The van der Waals surface area contributed by atoms with Crippen molar-refractivity contribution in [3.8, 4) is 5.75 Å². The average molecular weight is 517 g/mol. The molecule has 35 heavy (non-hydrogen) atoms. The highest BCUT2D eigenvalue weighted by atomic mass is 32.2. The van der Waals surface area contributed by atoms with E-state index in [0.717, 1.165) is 0 Å². The van der Waals surface area contributed by atoms with Gasteiger partial charge < -0.3 is 9.30 Å². The van der Waals surface area contributed by atoms with Gasteiger partial charge in [-0.25, -0.2) is 8.42 Å². The van der Waals surface area contributed by atoms with Crippen LogP contribution in [-0.4, -0.2) is 48.3 Å². The van der Waals surface area contributed by atoms with E-state index in [4.69, 9.17) is 4.74 Å². The van der Waals surface area contributed by atoms with E-state index in [0.29, 0.717) is 46.7 Å². The smallest absolute Gasteiger partial charge is 0.270 e. The Hall–Kier alpha value is -3.35. The van der Waals surface area contributed by atoms with Gasteiger partial charge in [-0.1, -0.05) is 17.4 Å². The molecule has 0 aliphatic carbocycles. The number of carbonyl (C=O) groups is 1. The van der Waals surface area contributed by atoms with Gasteiger partial charge in [0, 0.05) is 31.8 Å². The molecule has 1 saturated heterocycles. The fourth-order valence-corrected chi connectivity index (χ4v) is 6.61. The Morgan fingerprint density at radius 2 is 2.06 bits per heavy atom. The highest BCUT2D eigenvalue weighted by Gasteiger charge is 2.33. The summed E-state index contributed by atoms with van der Waals surface area (Å²) in [5.74, 6) is -0.456. The van der Waals surface area contributed by atoms with Crippen molar-refractivity contribution in [3.05, 3.63) is 70.0 Å². The molecule has 1 amide bonds. The molecule has 0 saturated carbocycles. The van der Waals surface area contributed by atoms with Crippen LogP contribution in [-0.2, 0) is 21.4 Å². The molecule has 1 fully saturated rings. The van der Waals surface area contributed by atoms with Gasteiger partial charge in [0.25, 0.3) is 11.6 Å². The van der Waals surface area contributed by atoms with Crippen LogP contribution in [0.25, 0.3) is 10.2 Å². The lowest BCUT2D eigenvalue weighted by Gasteiger charge is -2.30. The average Bonchev–Trinajstić information content (AvgIpc) is 3.20. The van der Waals surface area contributed by atoms with Gasteiger partial charge >= 0.3 is 0 Å². The van der Waals surface area contributed by atoms with Gasteiger partial charge in [0.15, 0.2) is 4.80 Å². The lowest BCUT2D eigenvalue weighted by molar-refractivity contribution is -0.384. The molecule has 1 aromatic heterocycles. The Kier molecular flexibility index (Phi) is 7.15. The first-order chi connectivity index (χ1) is 16.7. The maximum Gasteiger partial charge on any atom is 0.270 e. The van der Waals surface area contributed by atoms with Crippen molar-refractivity contribution in [2.45, 2.75) is 24.3 Å². The topological polar surface area (TPSA) is 124 Å². The van der Waals surface area contributed by atoms with Crippen LogP contribution < -0.4 is 9.54 Å². The van der Waals surface area contributed by atoms with Crippen molar-refractivity contribution in [1.29, 1.82) is 0 Å². The molecule has 1 atom stereocenters. The first kappa shape index (κ1) is 24.8. The molecule has 1 unspecified atom stereocenters. The fourth-order valence-electron chi connectivity index (χ4n) is 4.01. The number of methoxy groups -OCH3 is 1. The number of hydrogen-bond acceptors (Lipinski definition) is 7. The Balaban J connectivity index is 1.62. The first-order valence-corrected chi connectivity index (χ1v) is 13.1. The van der Waals surface area contributed by atoms with Crippen LogP contribution in [0.3, 0.4) is 0 Å². The predicted molar refractivity (Wildman–Crippen MR) is 132 cm³/mol. The van der Waals surface area contributed by atoms with E-state index < -0.39 is 26.8 Å². The molecule has 184 valence electrons. The molecule has 1 aliphatic rings. The number of sulfonamides is 1. The van der Waals surface area contributed by atoms with E-state index in [1.165, 1.54) is 47.0 Å². The molecular formula is C23H24N4O6S2. The molecule has 1 aliphatic heterocycles. The molecule has 2 aromatic carbocycles. The van der Waals surface area contributed by atoms with Crippen molar-refractivity contribution < 1.29 is 22.9 Å². The number of nitrogens with zero attached hydrogens (tertiary/aromatic N) is 4. The standard InChI is InChI=1S/C23H24N4O6S2/c1-3-12-26-20-11-6-17(27(29)30)14-21(20)34-23(26)24-22(28)16-5-4-13-25(15-16)35(31,32)19-9-7-18(33-2)8-10-19/h3,6-11,14,16H,1,4-5,12-13,15H2,2H3. The van der Waals surface area contributed by atoms with Crippen LogP contribution in [0.2, 0.25) is 0 Å². The number of ether oxygens (including phenoxy) is 1. The minimum absolute atomic E-state index is 0.0362. The summed E-state index contributed by atoms with van der Waals surface area (Å²) in [4.78, 5) is 28.6. The Labute approximate surface area is 206 Å². The van der Waals surface area contributed by atoms with Crippen molar-refractivity contribution in [2.24, 2.45) is 10.9 Å². The van der Waals surface area contributed by atoms with Crippen LogP contribution in [0.4, 0.5) is 5.69 Å². The number of nitro groups is 1. The van der Waals surface area contributed by atoms with Gasteiger partial charge in [-0.2, -0.15) is 9.30 Å². The van der Waals surface area contributed by atoms with Crippen LogP contribution >= 0.6 is 11.3 Å². The lowest BCUT2D eigenvalue weighted by Crippen LogP contribution is -2.42. The second kappa shape index (κ2) is 10.1. The van der Waals surface area contributed by atoms with Crippen molar-refractivity contribution in [2.75, 3.05) is 20.2 Å². The zero-order valence-corrected chi connectivity index (χ0v) is 20.6. The summed E-state index contributed by atoms with van der Waals surface area (Å²) in [6.45, 7) is 4.47. The van der Waals surface area contributed by atoms with Crippen molar-refractivity contribution in [3.63, 3.8) is 0 Å². The summed E-state index contributed by atoms with van der Waals surface area (Å²) < 4.78 is 35.1. The van der Waals surface area contributed by atoms with E-state index in [1.54, 1.807) is 28.8 Å². The minimum Gasteiger partial charge on any atom is -0.497 e. The minimum atomic E-state index is -3.77. The molecular weight excluding hydrogens is 492 g/mol. The molecule has 12 heteroatoms. The van der Waals surface area contributed by atoms with Crippen molar-refractivity contribution >= 4 is 43.2 Å². The number of amides is 1. The summed E-state index contributed by atoms with van der Waals surface area (Å²) in [6, 6.07) is 10.6. The quantitative estimate of drug-likeness (QED) is 0.270. The number of hydrogen-bond donors (Lipinski definition) is 0. The SMILES string of the molecule is C=CCn1c(=NC(=O)C2CCCN(S(=O)(=O)c3ccc(OC)cc3)C2)sc2cc([N+](=O)[O-])ccc21. The number of fused-ring (bicyclic) bond motifs is 1. The number of nitro benzene ring substituents is 1. The highest BCUT2D eigenvalue weighted by Crippen LogP contribution is 2.27. The largest absolute Gasteiger partial charge is 0.497 e. The lowest BCUT2D eigenvalue weighted by atomic mass is 9.99. The summed E-state index contributed by atoms with van der Waals surface area (Å²) in [5, 5.41) is 11.1. The van der Waals surface area contributed by atoms with Gasteiger partial charge in [0.1, 0.15) is 5.75 Å². The van der Waals surface area contributed by atoms with Crippen LogP contribution in [0.1, 0.15) is 12.8 Å². The first-order valence-electron chi connectivity index (χ1n) is 10.9. The second-order valence-electron chi connectivity index (χ2n) is 8.02. The van der Waals surface area contributed by atoms with E-state index in [-0.39, 0.29) is 17.1 Å². The number of benzene rings is 2. The molecule has 0 N–H and O–H groups in total. The van der Waals surface area contributed by atoms with Gasteiger partial charge in [-0.05, 0) is 43.2 Å². The Bertz CT molecular complexity index is 1460. The molecule has 2 heterocycles. The van der Waals surface area contributed by atoms with Crippen LogP contribution in [0.5, 0.6) is 5.75 Å². The maximum absolute atomic E-state index is 13.1. The molecule has 0 spiro atoms. The number of aromatic nitrogens is 1.